The van der Waals surface area contributed by atoms with Crippen molar-refractivity contribution in [2.24, 2.45) is 0 Å². The first-order valence-corrected chi connectivity index (χ1v) is 6.24. The van der Waals surface area contributed by atoms with Crippen molar-refractivity contribution in [3.8, 4) is 0 Å². The Morgan fingerprint density at radius 3 is 2.84 bits per heavy atom. The summed E-state index contributed by atoms with van der Waals surface area (Å²) in [5.41, 5.74) is 2.98. The minimum Gasteiger partial charge on any atom is -0.351 e. The van der Waals surface area contributed by atoms with E-state index in [-0.39, 0.29) is 5.91 Å². The van der Waals surface area contributed by atoms with Gasteiger partial charge in [-0.05, 0) is 34.0 Å². The van der Waals surface area contributed by atoms with Gasteiger partial charge in [-0.25, -0.2) is 9.50 Å². The largest absolute Gasteiger partial charge is 0.351 e. The molecule has 6 nitrogen and oxygen atoms in total. The van der Waals surface area contributed by atoms with E-state index in [4.69, 9.17) is 0 Å². The van der Waals surface area contributed by atoms with Crippen molar-refractivity contribution in [2.45, 2.75) is 13.8 Å². The number of nitrogens with zero attached hydrogens (tertiary/aromatic N) is 4. The molecule has 0 fully saturated rings. The molecule has 0 unspecified atom stereocenters. The van der Waals surface area contributed by atoms with Crippen LogP contribution in [0.3, 0.4) is 0 Å². The molecule has 0 saturated carbocycles. The molecule has 2 aromatic rings. The summed E-state index contributed by atoms with van der Waals surface area (Å²) in [6.07, 6.45) is 1.57. The quantitative estimate of drug-likeness (QED) is 0.877. The van der Waals surface area contributed by atoms with Gasteiger partial charge < -0.3 is 10.2 Å². The summed E-state index contributed by atoms with van der Waals surface area (Å²) in [5.74, 6) is -0.130. The van der Waals surface area contributed by atoms with Gasteiger partial charge in [0, 0.05) is 24.5 Å². The maximum absolute atomic E-state index is 12.1. The van der Waals surface area contributed by atoms with Crippen molar-refractivity contribution in [1.29, 1.82) is 0 Å². The number of hydrogen-bond donors (Lipinski definition) is 1. The van der Waals surface area contributed by atoms with E-state index < -0.39 is 0 Å². The molecule has 2 aromatic heterocycles. The number of rotatable bonds is 4. The average molecular weight is 261 g/mol. The van der Waals surface area contributed by atoms with Crippen LogP contribution in [0.25, 0.3) is 5.65 Å². The van der Waals surface area contributed by atoms with Crippen LogP contribution in [0.1, 0.15) is 21.7 Å². The topological polar surface area (TPSA) is 62.5 Å². The normalized spacial score (nSPS) is 11.2. The highest BCUT2D eigenvalue weighted by Crippen LogP contribution is 2.11. The monoisotopic (exact) mass is 261 g/mol. The van der Waals surface area contributed by atoms with E-state index in [9.17, 15) is 4.79 Å². The number of amides is 1. The third-order valence-corrected chi connectivity index (χ3v) is 2.87. The van der Waals surface area contributed by atoms with Crippen LogP contribution in [-0.4, -0.2) is 52.6 Å². The van der Waals surface area contributed by atoms with Crippen LogP contribution >= 0.6 is 0 Å². The summed E-state index contributed by atoms with van der Waals surface area (Å²) >= 11 is 0. The lowest BCUT2D eigenvalue weighted by molar-refractivity contribution is 0.0952. The van der Waals surface area contributed by atoms with E-state index in [1.54, 1.807) is 10.7 Å². The second-order valence-electron chi connectivity index (χ2n) is 4.89. The number of carbonyl (C=O) groups is 1. The van der Waals surface area contributed by atoms with Crippen LogP contribution in [0, 0.1) is 13.8 Å². The fraction of sp³-hybridized carbons (Fsp3) is 0.462. The number of aryl methyl sites for hydroxylation is 2. The van der Waals surface area contributed by atoms with Gasteiger partial charge in [-0.3, -0.25) is 4.79 Å². The molecule has 0 radical (unpaired) electrons. The lowest BCUT2D eigenvalue weighted by Gasteiger charge is -2.09. The molecule has 0 aliphatic carbocycles. The third-order valence-electron chi connectivity index (χ3n) is 2.87. The second kappa shape index (κ2) is 5.36. The second-order valence-corrected chi connectivity index (χ2v) is 4.89. The summed E-state index contributed by atoms with van der Waals surface area (Å²) in [5, 5.41) is 7.08. The van der Waals surface area contributed by atoms with Gasteiger partial charge in [0.1, 0.15) is 5.56 Å². The Bertz CT molecular complexity index is 602. The summed E-state index contributed by atoms with van der Waals surface area (Å²) in [4.78, 5) is 18.5. The van der Waals surface area contributed by atoms with Gasteiger partial charge in [0.05, 0.1) is 6.20 Å². The molecule has 0 spiro atoms. The van der Waals surface area contributed by atoms with Crippen molar-refractivity contribution in [3.63, 3.8) is 0 Å². The summed E-state index contributed by atoms with van der Waals surface area (Å²) in [6.45, 7) is 5.26. The van der Waals surface area contributed by atoms with Crippen LogP contribution in [0.4, 0.5) is 0 Å². The molecular formula is C13H19N5O. The van der Waals surface area contributed by atoms with E-state index in [0.29, 0.717) is 17.8 Å². The molecule has 2 rings (SSSR count). The molecule has 1 amide bonds. The van der Waals surface area contributed by atoms with E-state index in [1.165, 1.54) is 0 Å². The first kappa shape index (κ1) is 13.5. The number of likely N-dealkylation sites (N-methyl/N-ethyl adjacent to an activating group) is 1. The van der Waals surface area contributed by atoms with E-state index in [2.05, 4.69) is 15.4 Å². The highest BCUT2D eigenvalue weighted by atomic mass is 16.1. The maximum atomic E-state index is 12.1. The molecule has 19 heavy (non-hydrogen) atoms. The molecule has 0 bridgehead atoms. The van der Waals surface area contributed by atoms with Crippen molar-refractivity contribution in [2.75, 3.05) is 27.2 Å². The highest BCUT2D eigenvalue weighted by molar-refractivity contribution is 5.99. The van der Waals surface area contributed by atoms with Crippen molar-refractivity contribution >= 4 is 11.6 Å². The van der Waals surface area contributed by atoms with Crippen LogP contribution in [-0.2, 0) is 0 Å². The zero-order valence-corrected chi connectivity index (χ0v) is 11.8. The molecule has 2 heterocycles. The number of carbonyl (C=O) groups excluding carboxylic acids is 1. The molecule has 1 N–H and O–H groups in total. The van der Waals surface area contributed by atoms with Crippen molar-refractivity contribution in [1.82, 2.24) is 24.8 Å². The van der Waals surface area contributed by atoms with Crippen molar-refractivity contribution in [3.05, 3.63) is 29.2 Å². The van der Waals surface area contributed by atoms with Crippen LogP contribution < -0.4 is 5.32 Å². The van der Waals surface area contributed by atoms with Crippen LogP contribution in [0.15, 0.2) is 12.3 Å². The summed E-state index contributed by atoms with van der Waals surface area (Å²) in [6, 6.07) is 1.94. The Morgan fingerprint density at radius 2 is 2.16 bits per heavy atom. The van der Waals surface area contributed by atoms with E-state index >= 15 is 0 Å². The molecule has 0 aliphatic heterocycles. The Hall–Kier alpha value is -1.95. The fourth-order valence-corrected chi connectivity index (χ4v) is 1.92. The predicted molar refractivity (Wildman–Crippen MR) is 73.3 cm³/mol. The molecule has 0 aromatic carbocycles. The molecule has 102 valence electrons. The lowest BCUT2D eigenvalue weighted by atomic mass is 10.3. The van der Waals surface area contributed by atoms with Gasteiger partial charge in [0.15, 0.2) is 5.65 Å². The van der Waals surface area contributed by atoms with E-state index in [1.807, 2.05) is 38.9 Å². The summed E-state index contributed by atoms with van der Waals surface area (Å²) in [7, 11) is 3.94. The zero-order valence-electron chi connectivity index (χ0n) is 11.8. The number of hydrogen-bond acceptors (Lipinski definition) is 4. The lowest BCUT2D eigenvalue weighted by Crippen LogP contribution is -2.31. The minimum atomic E-state index is -0.130. The van der Waals surface area contributed by atoms with Gasteiger partial charge in [-0.15, -0.1) is 0 Å². The van der Waals surface area contributed by atoms with E-state index in [0.717, 1.165) is 17.9 Å². The summed E-state index contributed by atoms with van der Waals surface area (Å²) < 4.78 is 1.69. The zero-order chi connectivity index (χ0) is 14.0. The first-order chi connectivity index (χ1) is 8.99. The first-order valence-electron chi connectivity index (χ1n) is 6.24. The van der Waals surface area contributed by atoms with Gasteiger partial charge in [-0.2, -0.15) is 5.10 Å². The Labute approximate surface area is 112 Å². The van der Waals surface area contributed by atoms with Gasteiger partial charge >= 0.3 is 0 Å². The Kier molecular flexibility index (Phi) is 3.80. The van der Waals surface area contributed by atoms with Gasteiger partial charge in [0.2, 0.25) is 0 Å². The molecule has 0 atom stereocenters. The molecule has 6 heteroatoms. The van der Waals surface area contributed by atoms with Gasteiger partial charge in [0.25, 0.3) is 5.91 Å². The molecule has 0 aliphatic rings. The maximum Gasteiger partial charge on any atom is 0.256 e. The number of fused-ring (bicyclic) bond motifs is 1. The Morgan fingerprint density at radius 1 is 1.42 bits per heavy atom. The van der Waals surface area contributed by atoms with Crippen LogP contribution in [0.5, 0.6) is 0 Å². The predicted octanol–water partition coefficient (Wildman–Crippen LogP) is 0.638. The standard InChI is InChI=1S/C13H19N5O/c1-9-7-10(2)18-12(16-9)11(8-15-18)13(19)14-5-6-17(3)4/h7-8H,5-6H2,1-4H3,(H,14,19). The minimum absolute atomic E-state index is 0.130. The number of aromatic nitrogens is 3. The van der Waals surface area contributed by atoms with Gasteiger partial charge in [-0.1, -0.05) is 0 Å². The number of nitrogens with one attached hydrogen (secondary N) is 1. The Balaban J connectivity index is 2.23. The highest BCUT2D eigenvalue weighted by Gasteiger charge is 2.14. The average Bonchev–Trinajstić information content (AvgIpc) is 2.72. The molecule has 0 saturated heterocycles. The van der Waals surface area contributed by atoms with Crippen molar-refractivity contribution < 1.29 is 4.79 Å². The smallest absolute Gasteiger partial charge is 0.256 e. The molecular weight excluding hydrogens is 242 g/mol. The fourth-order valence-electron chi connectivity index (χ4n) is 1.92. The SMILES string of the molecule is Cc1cc(C)n2ncc(C(=O)NCCN(C)C)c2n1. The van der Waals surface area contributed by atoms with Crippen LogP contribution in [0.2, 0.25) is 0 Å². The third kappa shape index (κ3) is 2.90.